The van der Waals surface area contributed by atoms with E-state index in [9.17, 15) is 5.11 Å². The number of aromatic nitrogens is 2. The van der Waals surface area contributed by atoms with Crippen molar-refractivity contribution in [1.29, 1.82) is 0 Å². The second-order valence-electron chi connectivity index (χ2n) is 4.12. The maximum Gasteiger partial charge on any atom is 0.168 e. The van der Waals surface area contributed by atoms with Crippen LogP contribution in [0, 0.1) is 6.92 Å². The summed E-state index contributed by atoms with van der Waals surface area (Å²) in [6.45, 7) is 2.13. The Bertz CT molecular complexity index is 558. The van der Waals surface area contributed by atoms with E-state index in [0.717, 1.165) is 17.1 Å². The van der Waals surface area contributed by atoms with E-state index in [0.29, 0.717) is 11.6 Å². The highest BCUT2D eigenvalue weighted by Gasteiger charge is 2.05. The SMILES string of the molecule is CNc1cc(C)nc(COc2ccccc2CO)n1. The maximum absolute atomic E-state index is 9.22. The molecular formula is C14H17N3O2. The summed E-state index contributed by atoms with van der Waals surface area (Å²) in [5, 5.41) is 12.2. The van der Waals surface area contributed by atoms with Crippen LogP contribution in [-0.2, 0) is 13.2 Å². The molecule has 1 aromatic heterocycles. The Kier molecular flexibility index (Phi) is 4.30. The molecular weight excluding hydrogens is 242 g/mol. The lowest BCUT2D eigenvalue weighted by Crippen LogP contribution is -2.06. The normalized spacial score (nSPS) is 10.3. The van der Waals surface area contributed by atoms with Gasteiger partial charge in [0, 0.05) is 24.4 Å². The zero-order valence-electron chi connectivity index (χ0n) is 11.1. The number of hydrogen-bond acceptors (Lipinski definition) is 5. The van der Waals surface area contributed by atoms with Gasteiger partial charge in [0.1, 0.15) is 18.2 Å². The number of ether oxygens (including phenoxy) is 1. The third kappa shape index (κ3) is 3.42. The third-order valence-electron chi connectivity index (χ3n) is 2.66. The Morgan fingerprint density at radius 1 is 1.26 bits per heavy atom. The van der Waals surface area contributed by atoms with Gasteiger partial charge in [-0.25, -0.2) is 9.97 Å². The van der Waals surface area contributed by atoms with Crippen LogP contribution in [-0.4, -0.2) is 22.1 Å². The Labute approximate surface area is 112 Å². The van der Waals surface area contributed by atoms with Gasteiger partial charge in [-0.1, -0.05) is 18.2 Å². The summed E-state index contributed by atoms with van der Waals surface area (Å²) in [5.41, 5.74) is 1.64. The fraction of sp³-hybridized carbons (Fsp3) is 0.286. The van der Waals surface area contributed by atoms with Crippen LogP contribution in [0.5, 0.6) is 5.75 Å². The molecule has 0 saturated heterocycles. The second kappa shape index (κ2) is 6.15. The summed E-state index contributed by atoms with van der Waals surface area (Å²) in [7, 11) is 1.81. The van der Waals surface area contributed by atoms with Gasteiger partial charge in [-0.05, 0) is 13.0 Å². The minimum atomic E-state index is -0.0490. The molecule has 0 bridgehead atoms. The molecule has 2 N–H and O–H groups in total. The molecule has 0 saturated carbocycles. The topological polar surface area (TPSA) is 67.3 Å². The van der Waals surface area contributed by atoms with Crippen molar-refractivity contribution in [3.63, 3.8) is 0 Å². The lowest BCUT2D eigenvalue weighted by Gasteiger charge is -2.10. The van der Waals surface area contributed by atoms with Crippen LogP contribution in [0.25, 0.3) is 0 Å². The number of para-hydroxylation sites is 1. The molecule has 0 aliphatic rings. The van der Waals surface area contributed by atoms with E-state index in [1.165, 1.54) is 0 Å². The van der Waals surface area contributed by atoms with Gasteiger partial charge in [0.05, 0.1) is 6.61 Å². The molecule has 0 amide bonds. The number of nitrogens with one attached hydrogen (secondary N) is 1. The van der Waals surface area contributed by atoms with Gasteiger partial charge in [-0.2, -0.15) is 0 Å². The average Bonchev–Trinajstić information content (AvgIpc) is 2.44. The second-order valence-corrected chi connectivity index (χ2v) is 4.12. The number of aliphatic hydroxyl groups excluding tert-OH is 1. The van der Waals surface area contributed by atoms with Crippen LogP contribution in [0.2, 0.25) is 0 Å². The van der Waals surface area contributed by atoms with Crippen molar-refractivity contribution >= 4 is 5.82 Å². The number of aryl methyl sites for hydroxylation is 1. The molecule has 2 aromatic rings. The van der Waals surface area contributed by atoms with Crippen molar-refractivity contribution in [1.82, 2.24) is 9.97 Å². The summed E-state index contributed by atoms with van der Waals surface area (Å²) in [6, 6.07) is 9.24. The van der Waals surface area contributed by atoms with Crippen LogP contribution < -0.4 is 10.1 Å². The minimum absolute atomic E-state index is 0.0490. The standard InChI is InChI=1S/C14H17N3O2/c1-10-7-13(15-2)17-14(16-10)9-19-12-6-4-3-5-11(12)8-18/h3-7,18H,8-9H2,1-2H3,(H,15,16,17). The first-order valence-corrected chi connectivity index (χ1v) is 6.07. The minimum Gasteiger partial charge on any atom is -0.485 e. The first-order chi connectivity index (χ1) is 9.22. The number of anilines is 1. The number of nitrogens with zero attached hydrogens (tertiary/aromatic N) is 2. The van der Waals surface area contributed by atoms with Gasteiger partial charge in [0.2, 0.25) is 0 Å². The van der Waals surface area contributed by atoms with E-state index in [2.05, 4.69) is 15.3 Å². The van der Waals surface area contributed by atoms with Crippen molar-refractivity contribution in [2.45, 2.75) is 20.1 Å². The maximum atomic E-state index is 9.22. The zero-order chi connectivity index (χ0) is 13.7. The van der Waals surface area contributed by atoms with Crippen LogP contribution >= 0.6 is 0 Å². The molecule has 100 valence electrons. The van der Waals surface area contributed by atoms with Crippen LogP contribution in [0.4, 0.5) is 5.82 Å². The Balaban J connectivity index is 2.12. The van der Waals surface area contributed by atoms with Gasteiger partial charge in [-0.15, -0.1) is 0 Å². The number of rotatable bonds is 5. The fourth-order valence-electron chi connectivity index (χ4n) is 1.74. The largest absolute Gasteiger partial charge is 0.485 e. The van der Waals surface area contributed by atoms with Gasteiger partial charge < -0.3 is 15.2 Å². The molecule has 1 heterocycles. The molecule has 0 unspecified atom stereocenters. The van der Waals surface area contributed by atoms with Gasteiger partial charge in [-0.3, -0.25) is 0 Å². The first kappa shape index (κ1) is 13.3. The Morgan fingerprint density at radius 2 is 2.05 bits per heavy atom. The Hall–Kier alpha value is -2.14. The number of hydrogen-bond donors (Lipinski definition) is 2. The predicted octanol–water partition coefficient (Wildman–Crippen LogP) is 1.90. The monoisotopic (exact) mass is 259 g/mol. The highest BCUT2D eigenvalue weighted by atomic mass is 16.5. The highest BCUT2D eigenvalue weighted by molar-refractivity contribution is 5.35. The van der Waals surface area contributed by atoms with Crippen molar-refractivity contribution in [2.24, 2.45) is 0 Å². The molecule has 5 heteroatoms. The van der Waals surface area contributed by atoms with Gasteiger partial charge >= 0.3 is 0 Å². The van der Waals surface area contributed by atoms with Crippen molar-refractivity contribution < 1.29 is 9.84 Å². The van der Waals surface area contributed by atoms with E-state index in [-0.39, 0.29) is 13.2 Å². The lowest BCUT2D eigenvalue weighted by molar-refractivity contribution is 0.255. The Morgan fingerprint density at radius 3 is 2.79 bits per heavy atom. The summed E-state index contributed by atoms with van der Waals surface area (Å²) >= 11 is 0. The highest BCUT2D eigenvalue weighted by Crippen LogP contribution is 2.18. The van der Waals surface area contributed by atoms with Crippen LogP contribution in [0.1, 0.15) is 17.1 Å². The lowest BCUT2D eigenvalue weighted by atomic mass is 10.2. The zero-order valence-corrected chi connectivity index (χ0v) is 11.1. The van der Waals surface area contributed by atoms with Gasteiger partial charge in [0.15, 0.2) is 5.82 Å². The van der Waals surface area contributed by atoms with Crippen molar-refractivity contribution in [2.75, 3.05) is 12.4 Å². The number of benzene rings is 1. The molecule has 2 rings (SSSR count). The molecule has 0 aliphatic carbocycles. The average molecular weight is 259 g/mol. The van der Waals surface area contributed by atoms with E-state index in [1.807, 2.05) is 44.3 Å². The van der Waals surface area contributed by atoms with E-state index >= 15 is 0 Å². The molecule has 19 heavy (non-hydrogen) atoms. The van der Waals surface area contributed by atoms with Crippen LogP contribution in [0.3, 0.4) is 0 Å². The molecule has 0 radical (unpaired) electrons. The quantitative estimate of drug-likeness (QED) is 0.858. The van der Waals surface area contributed by atoms with Gasteiger partial charge in [0.25, 0.3) is 0 Å². The summed E-state index contributed by atoms with van der Waals surface area (Å²) in [4.78, 5) is 8.63. The van der Waals surface area contributed by atoms with E-state index in [1.54, 1.807) is 0 Å². The van der Waals surface area contributed by atoms with E-state index in [4.69, 9.17) is 4.74 Å². The molecule has 0 spiro atoms. The summed E-state index contributed by atoms with van der Waals surface area (Å²) < 4.78 is 5.66. The van der Waals surface area contributed by atoms with Crippen molar-refractivity contribution in [3.8, 4) is 5.75 Å². The smallest absolute Gasteiger partial charge is 0.168 e. The molecule has 0 aliphatic heterocycles. The molecule has 0 atom stereocenters. The predicted molar refractivity (Wildman–Crippen MR) is 73.0 cm³/mol. The fourth-order valence-corrected chi connectivity index (χ4v) is 1.74. The summed E-state index contributed by atoms with van der Waals surface area (Å²) in [5.74, 6) is 2.03. The first-order valence-electron chi connectivity index (χ1n) is 6.07. The summed E-state index contributed by atoms with van der Waals surface area (Å²) in [6.07, 6.45) is 0. The van der Waals surface area contributed by atoms with Crippen LogP contribution in [0.15, 0.2) is 30.3 Å². The van der Waals surface area contributed by atoms with Crippen molar-refractivity contribution in [3.05, 3.63) is 47.4 Å². The molecule has 0 fully saturated rings. The molecule has 5 nitrogen and oxygen atoms in total. The third-order valence-corrected chi connectivity index (χ3v) is 2.66. The van der Waals surface area contributed by atoms with E-state index < -0.39 is 0 Å². The molecule has 1 aromatic carbocycles. The number of aliphatic hydroxyl groups is 1.